The van der Waals surface area contributed by atoms with Crippen LogP contribution in [0.3, 0.4) is 0 Å². The maximum atomic E-state index is 13.3. The van der Waals surface area contributed by atoms with Crippen molar-refractivity contribution in [2.45, 2.75) is 11.7 Å². The van der Waals surface area contributed by atoms with Crippen LogP contribution in [0.5, 0.6) is 0 Å². The van der Waals surface area contributed by atoms with E-state index in [0.717, 1.165) is 16.6 Å². The standard InChI is InChI=1S/C25H19FN4O3S/c26-19-10-8-17(9-11-19)14-30-22-7-2-1-6-21(22)29-25(30)34-16-24(32)33-15-23(31)28-20-5-3-4-18(12-20)13-27/h1-12H,14-16H2,(H,28,31). The lowest BCUT2D eigenvalue weighted by molar-refractivity contribution is -0.144. The van der Waals surface area contributed by atoms with Gasteiger partial charge in [0.15, 0.2) is 11.8 Å². The van der Waals surface area contributed by atoms with Gasteiger partial charge in [-0.2, -0.15) is 5.26 Å². The molecule has 0 saturated heterocycles. The predicted octanol–water partition coefficient (Wildman–Crippen LogP) is 4.37. The predicted molar refractivity (Wildman–Crippen MR) is 127 cm³/mol. The molecule has 0 aliphatic heterocycles. The number of hydrogen-bond donors (Lipinski definition) is 1. The molecule has 4 aromatic rings. The third-order valence-electron chi connectivity index (χ3n) is 4.83. The second-order valence-corrected chi connectivity index (χ2v) is 8.23. The number of hydrogen-bond acceptors (Lipinski definition) is 6. The van der Waals surface area contributed by atoms with Crippen molar-refractivity contribution >= 4 is 40.4 Å². The first-order valence-electron chi connectivity index (χ1n) is 10.3. The van der Waals surface area contributed by atoms with Gasteiger partial charge in [0.05, 0.1) is 35.0 Å². The molecule has 3 aromatic carbocycles. The topological polar surface area (TPSA) is 97.0 Å². The first-order valence-corrected chi connectivity index (χ1v) is 11.3. The molecule has 1 heterocycles. The minimum absolute atomic E-state index is 0.0378. The number of nitrogens with one attached hydrogen (secondary N) is 1. The van der Waals surface area contributed by atoms with Crippen molar-refractivity contribution in [2.24, 2.45) is 0 Å². The van der Waals surface area contributed by atoms with Crippen molar-refractivity contribution in [3.05, 3.63) is 89.7 Å². The first-order chi connectivity index (χ1) is 16.5. The van der Waals surface area contributed by atoms with Gasteiger partial charge in [0.1, 0.15) is 5.82 Å². The lowest BCUT2D eigenvalue weighted by Gasteiger charge is -2.10. The number of esters is 1. The van der Waals surface area contributed by atoms with Gasteiger partial charge in [-0.05, 0) is 48.0 Å². The van der Waals surface area contributed by atoms with E-state index in [1.165, 1.54) is 30.0 Å². The summed E-state index contributed by atoms with van der Waals surface area (Å²) in [5.74, 6) is -1.41. The molecule has 34 heavy (non-hydrogen) atoms. The van der Waals surface area contributed by atoms with Crippen LogP contribution in [0.15, 0.2) is 78.0 Å². The van der Waals surface area contributed by atoms with Gasteiger partial charge in [0.2, 0.25) is 0 Å². The Labute approximate surface area is 199 Å². The summed E-state index contributed by atoms with van der Waals surface area (Å²) in [6.45, 7) is 0.0184. The van der Waals surface area contributed by atoms with Crippen molar-refractivity contribution in [1.82, 2.24) is 9.55 Å². The van der Waals surface area contributed by atoms with Crippen LogP contribution in [0.4, 0.5) is 10.1 Å². The molecule has 0 atom stereocenters. The number of halogens is 1. The summed E-state index contributed by atoms with van der Waals surface area (Å²) >= 11 is 1.20. The molecule has 9 heteroatoms. The highest BCUT2D eigenvalue weighted by molar-refractivity contribution is 7.99. The third-order valence-corrected chi connectivity index (χ3v) is 5.78. The monoisotopic (exact) mass is 474 g/mol. The summed E-state index contributed by atoms with van der Waals surface area (Å²) in [5, 5.41) is 12.1. The van der Waals surface area contributed by atoms with Crippen LogP contribution in [0.1, 0.15) is 11.1 Å². The molecule has 4 rings (SSSR count). The van der Waals surface area contributed by atoms with Crippen molar-refractivity contribution in [3.63, 3.8) is 0 Å². The van der Waals surface area contributed by atoms with E-state index in [1.54, 1.807) is 30.3 Å². The molecular formula is C25H19FN4O3S. The van der Waals surface area contributed by atoms with Crippen LogP contribution >= 0.6 is 11.8 Å². The van der Waals surface area contributed by atoms with Crippen LogP contribution in [0.25, 0.3) is 11.0 Å². The lowest BCUT2D eigenvalue weighted by atomic mass is 10.2. The van der Waals surface area contributed by atoms with E-state index < -0.39 is 18.5 Å². The highest BCUT2D eigenvalue weighted by Gasteiger charge is 2.15. The van der Waals surface area contributed by atoms with Crippen LogP contribution in [-0.4, -0.2) is 33.8 Å². The van der Waals surface area contributed by atoms with Gasteiger partial charge in [0, 0.05) is 5.69 Å². The second kappa shape index (κ2) is 10.6. The summed E-state index contributed by atoms with van der Waals surface area (Å²) in [6, 6.07) is 22.2. The van der Waals surface area contributed by atoms with Gasteiger partial charge >= 0.3 is 5.97 Å². The quantitative estimate of drug-likeness (QED) is 0.301. The summed E-state index contributed by atoms with van der Waals surface area (Å²) in [5.41, 5.74) is 3.42. The zero-order valence-electron chi connectivity index (χ0n) is 17.9. The molecule has 1 aromatic heterocycles. The Kier molecular flexibility index (Phi) is 7.20. The number of para-hydroxylation sites is 2. The molecule has 0 radical (unpaired) electrons. The molecule has 0 unspecified atom stereocenters. The molecule has 0 saturated carbocycles. The van der Waals surface area contributed by atoms with Gasteiger partial charge in [-0.3, -0.25) is 9.59 Å². The molecule has 0 fully saturated rings. The number of nitrogens with zero attached hydrogens (tertiary/aromatic N) is 3. The number of anilines is 1. The van der Waals surface area contributed by atoms with Crippen molar-refractivity contribution in [3.8, 4) is 6.07 Å². The molecule has 0 aliphatic rings. The van der Waals surface area contributed by atoms with Crippen molar-refractivity contribution < 1.29 is 18.7 Å². The Hall–Kier alpha value is -4.16. The third kappa shape index (κ3) is 5.79. The zero-order valence-corrected chi connectivity index (χ0v) is 18.7. The largest absolute Gasteiger partial charge is 0.455 e. The van der Waals surface area contributed by atoms with Crippen molar-refractivity contribution in [1.29, 1.82) is 5.26 Å². The Morgan fingerprint density at radius 2 is 1.88 bits per heavy atom. The number of benzene rings is 3. The van der Waals surface area contributed by atoms with Gasteiger partial charge in [0.25, 0.3) is 5.91 Å². The SMILES string of the molecule is N#Cc1cccc(NC(=O)COC(=O)CSc2nc3ccccc3n2Cc2ccc(F)cc2)c1. The normalized spacial score (nSPS) is 10.6. The van der Waals surface area contributed by atoms with Gasteiger partial charge in [-0.25, -0.2) is 9.37 Å². The fourth-order valence-corrected chi connectivity index (χ4v) is 4.08. The number of rotatable bonds is 8. The number of ether oxygens (including phenoxy) is 1. The molecule has 1 N–H and O–H groups in total. The Balaban J connectivity index is 1.37. The highest BCUT2D eigenvalue weighted by Crippen LogP contribution is 2.25. The lowest BCUT2D eigenvalue weighted by Crippen LogP contribution is -2.21. The number of carbonyl (C=O) groups is 2. The van der Waals surface area contributed by atoms with Gasteiger partial charge < -0.3 is 14.6 Å². The number of amides is 1. The summed E-state index contributed by atoms with van der Waals surface area (Å²) in [4.78, 5) is 28.9. The minimum Gasteiger partial charge on any atom is -0.455 e. The Bertz CT molecular complexity index is 1380. The van der Waals surface area contributed by atoms with E-state index in [1.807, 2.05) is 34.9 Å². The van der Waals surface area contributed by atoms with Crippen LogP contribution in [-0.2, 0) is 20.9 Å². The molecule has 0 spiro atoms. The minimum atomic E-state index is -0.564. The van der Waals surface area contributed by atoms with Crippen molar-refractivity contribution in [2.75, 3.05) is 17.7 Å². The Morgan fingerprint density at radius 3 is 2.68 bits per heavy atom. The maximum absolute atomic E-state index is 13.3. The first kappa shape index (κ1) is 23.0. The number of fused-ring (bicyclic) bond motifs is 1. The number of thioether (sulfide) groups is 1. The number of imidazole rings is 1. The van der Waals surface area contributed by atoms with E-state index in [0.29, 0.717) is 23.0 Å². The molecule has 170 valence electrons. The average molecular weight is 475 g/mol. The number of aromatic nitrogens is 2. The average Bonchev–Trinajstić information content (AvgIpc) is 3.20. The van der Waals surface area contributed by atoms with E-state index in [9.17, 15) is 14.0 Å². The second-order valence-electron chi connectivity index (χ2n) is 7.29. The van der Waals surface area contributed by atoms with E-state index >= 15 is 0 Å². The fourth-order valence-electron chi connectivity index (χ4n) is 3.26. The van der Waals surface area contributed by atoms with Crippen LogP contribution in [0, 0.1) is 17.1 Å². The molecule has 7 nitrogen and oxygen atoms in total. The molecule has 0 aliphatic carbocycles. The summed E-state index contributed by atoms with van der Waals surface area (Å²) in [6.07, 6.45) is 0. The Morgan fingerprint density at radius 1 is 1.09 bits per heavy atom. The zero-order chi connectivity index (χ0) is 23.9. The summed E-state index contributed by atoms with van der Waals surface area (Å²) < 4.78 is 20.3. The van der Waals surface area contributed by atoms with Gasteiger partial charge in [-0.15, -0.1) is 0 Å². The highest BCUT2D eigenvalue weighted by atomic mass is 32.2. The smallest absolute Gasteiger partial charge is 0.316 e. The number of carbonyl (C=O) groups excluding carboxylic acids is 2. The van der Waals surface area contributed by atoms with E-state index in [-0.39, 0.29) is 11.6 Å². The molecule has 0 bridgehead atoms. The maximum Gasteiger partial charge on any atom is 0.316 e. The molecule has 1 amide bonds. The summed E-state index contributed by atoms with van der Waals surface area (Å²) in [7, 11) is 0. The van der Waals surface area contributed by atoms with E-state index in [2.05, 4.69) is 10.3 Å². The van der Waals surface area contributed by atoms with Gasteiger partial charge in [-0.1, -0.05) is 42.1 Å². The number of nitriles is 1. The molecular weight excluding hydrogens is 455 g/mol. The van der Waals surface area contributed by atoms with E-state index in [4.69, 9.17) is 10.00 Å². The van der Waals surface area contributed by atoms with Crippen LogP contribution in [0.2, 0.25) is 0 Å². The fraction of sp³-hybridized carbons (Fsp3) is 0.120. The van der Waals surface area contributed by atoms with Crippen LogP contribution < -0.4 is 5.32 Å².